The van der Waals surface area contributed by atoms with E-state index in [1.54, 1.807) is 0 Å². The van der Waals surface area contributed by atoms with Gasteiger partial charge in [0.05, 0.1) is 12.7 Å². The van der Waals surface area contributed by atoms with Crippen molar-refractivity contribution in [3.63, 3.8) is 0 Å². The van der Waals surface area contributed by atoms with Crippen LogP contribution in [0.5, 0.6) is 0 Å². The second-order valence-corrected chi connectivity index (χ2v) is 5.79. The van der Waals surface area contributed by atoms with Gasteiger partial charge in [-0.3, -0.25) is 4.90 Å². The van der Waals surface area contributed by atoms with Crippen LogP contribution in [0.1, 0.15) is 31.2 Å². The molecule has 3 rings (SSSR count). The summed E-state index contributed by atoms with van der Waals surface area (Å²) in [5.74, 6) is 0. The molecule has 1 aromatic rings. The van der Waals surface area contributed by atoms with Crippen LogP contribution in [0.15, 0.2) is 24.3 Å². The number of hydrogen-bond acceptors (Lipinski definition) is 3. The number of ether oxygens (including phenoxy) is 1. The molecule has 1 saturated heterocycles. The van der Waals surface area contributed by atoms with Gasteiger partial charge in [0, 0.05) is 24.8 Å². The van der Waals surface area contributed by atoms with Crippen molar-refractivity contribution in [2.45, 2.75) is 44.2 Å². The lowest BCUT2D eigenvalue weighted by Crippen LogP contribution is -2.53. The molecule has 1 aliphatic heterocycles. The molecule has 1 heterocycles. The topological polar surface area (TPSA) is 38.5 Å². The molecule has 2 N–H and O–H groups in total. The van der Waals surface area contributed by atoms with E-state index in [-0.39, 0.29) is 0 Å². The van der Waals surface area contributed by atoms with Crippen LogP contribution in [-0.4, -0.2) is 36.7 Å². The molecule has 3 heteroatoms. The van der Waals surface area contributed by atoms with Crippen LogP contribution in [0, 0.1) is 0 Å². The number of anilines is 1. The fourth-order valence-corrected chi connectivity index (χ4v) is 3.48. The van der Waals surface area contributed by atoms with Crippen molar-refractivity contribution in [2.24, 2.45) is 0 Å². The lowest BCUT2D eigenvalue weighted by atomic mass is 9.90. The number of hydrogen-bond donors (Lipinski definition) is 1. The lowest BCUT2D eigenvalue weighted by Gasteiger charge is -2.43. The fourth-order valence-electron chi connectivity index (χ4n) is 3.48. The van der Waals surface area contributed by atoms with Gasteiger partial charge in [-0.25, -0.2) is 0 Å². The van der Waals surface area contributed by atoms with Gasteiger partial charge >= 0.3 is 0 Å². The predicted octanol–water partition coefficient (Wildman–Crippen LogP) is 2.45. The number of nitrogens with zero attached hydrogens (tertiary/aromatic N) is 1. The minimum absolute atomic E-state index is 0.489. The Morgan fingerprint density at radius 3 is 3.05 bits per heavy atom. The normalized spacial score (nSPS) is 28.0. The van der Waals surface area contributed by atoms with Crippen LogP contribution in [0.4, 0.5) is 5.69 Å². The summed E-state index contributed by atoms with van der Waals surface area (Å²) in [6, 6.07) is 8.93. The molecule has 1 aliphatic carbocycles. The van der Waals surface area contributed by atoms with Crippen molar-refractivity contribution >= 4 is 5.69 Å². The minimum atomic E-state index is 0.489. The first-order valence-electron chi connectivity index (χ1n) is 7.53. The zero-order valence-electron chi connectivity index (χ0n) is 11.6. The SMILES string of the molecule is Nc1cccc(CCN2CCOC3CCCCC32)c1. The summed E-state index contributed by atoms with van der Waals surface area (Å²) in [5.41, 5.74) is 8.06. The number of fused-ring (bicyclic) bond motifs is 1. The first-order chi connectivity index (χ1) is 9.33. The van der Waals surface area contributed by atoms with Crippen LogP contribution < -0.4 is 5.73 Å². The molecule has 2 atom stereocenters. The highest BCUT2D eigenvalue weighted by Gasteiger charge is 2.33. The molecule has 3 nitrogen and oxygen atoms in total. The van der Waals surface area contributed by atoms with E-state index in [4.69, 9.17) is 10.5 Å². The van der Waals surface area contributed by atoms with E-state index in [0.29, 0.717) is 12.1 Å². The largest absolute Gasteiger partial charge is 0.399 e. The van der Waals surface area contributed by atoms with Gasteiger partial charge in [-0.05, 0) is 37.0 Å². The first-order valence-corrected chi connectivity index (χ1v) is 7.53. The number of benzene rings is 1. The predicted molar refractivity (Wildman–Crippen MR) is 78.1 cm³/mol. The van der Waals surface area contributed by atoms with Crippen molar-refractivity contribution in [3.05, 3.63) is 29.8 Å². The van der Waals surface area contributed by atoms with Gasteiger partial charge in [0.15, 0.2) is 0 Å². The Hall–Kier alpha value is -1.06. The molecule has 2 fully saturated rings. The minimum Gasteiger partial charge on any atom is -0.399 e. The van der Waals surface area contributed by atoms with E-state index in [9.17, 15) is 0 Å². The Morgan fingerprint density at radius 1 is 1.26 bits per heavy atom. The van der Waals surface area contributed by atoms with Crippen LogP contribution in [0.25, 0.3) is 0 Å². The van der Waals surface area contributed by atoms with Crippen LogP contribution >= 0.6 is 0 Å². The quantitative estimate of drug-likeness (QED) is 0.848. The van der Waals surface area contributed by atoms with Gasteiger partial charge in [0.25, 0.3) is 0 Å². The molecule has 0 amide bonds. The lowest BCUT2D eigenvalue weighted by molar-refractivity contribution is -0.0875. The Bertz CT molecular complexity index is 419. The summed E-state index contributed by atoms with van der Waals surface area (Å²) < 4.78 is 5.92. The van der Waals surface area contributed by atoms with Gasteiger partial charge in [0.1, 0.15) is 0 Å². The third-order valence-corrected chi connectivity index (χ3v) is 4.49. The first kappa shape index (κ1) is 12.9. The molecular weight excluding hydrogens is 236 g/mol. The number of morpholine rings is 1. The van der Waals surface area contributed by atoms with Crippen molar-refractivity contribution in [1.29, 1.82) is 0 Å². The summed E-state index contributed by atoms with van der Waals surface area (Å²) in [6.07, 6.45) is 6.84. The maximum atomic E-state index is 5.92. The van der Waals surface area contributed by atoms with Gasteiger partial charge in [-0.15, -0.1) is 0 Å². The third-order valence-electron chi connectivity index (χ3n) is 4.49. The van der Waals surface area contributed by atoms with Crippen molar-refractivity contribution in [1.82, 2.24) is 4.90 Å². The standard InChI is InChI=1S/C16H24N2O/c17-14-5-3-4-13(12-14)8-9-18-10-11-19-16-7-2-1-6-15(16)18/h3-5,12,15-16H,1-2,6-11,17H2. The van der Waals surface area contributed by atoms with Crippen LogP contribution in [0.3, 0.4) is 0 Å². The summed E-state index contributed by atoms with van der Waals surface area (Å²) in [7, 11) is 0. The molecule has 2 aliphatic rings. The van der Waals surface area contributed by atoms with Gasteiger partial charge < -0.3 is 10.5 Å². The zero-order valence-corrected chi connectivity index (χ0v) is 11.6. The maximum Gasteiger partial charge on any atom is 0.0730 e. The molecule has 0 radical (unpaired) electrons. The van der Waals surface area contributed by atoms with Crippen molar-refractivity contribution < 1.29 is 4.74 Å². The molecule has 1 saturated carbocycles. The van der Waals surface area contributed by atoms with E-state index in [1.807, 2.05) is 12.1 Å². The highest BCUT2D eigenvalue weighted by atomic mass is 16.5. The fraction of sp³-hybridized carbons (Fsp3) is 0.625. The molecule has 0 aromatic heterocycles. The highest BCUT2D eigenvalue weighted by Crippen LogP contribution is 2.28. The summed E-state index contributed by atoms with van der Waals surface area (Å²) in [4.78, 5) is 2.64. The van der Waals surface area contributed by atoms with E-state index in [1.165, 1.54) is 31.2 Å². The van der Waals surface area contributed by atoms with Crippen molar-refractivity contribution in [3.8, 4) is 0 Å². The molecule has 2 unspecified atom stereocenters. The molecule has 19 heavy (non-hydrogen) atoms. The molecular formula is C16H24N2O. The smallest absolute Gasteiger partial charge is 0.0730 e. The number of rotatable bonds is 3. The zero-order chi connectivity index (χ0) is 13.1. The Morgan fingerprint density at radius 2 is 2.16 bits per heavy atom. The van der Waals surface area contributed by atoms with E-state index in [0.717, 1.165) is 31.8 Å². The van der Waals surface area contributed by atoms with Crippen LogP contribution in [-0.2, 0) is 11.2 Å². The summed E-state index contributed by atoms with van der Waals surface area (Å²) in [5, 5.41) is 0. The molecule has 0 bridgehead atoms. The Balaban J connectivity index is 1.59. The third kappa shape index (κ3) is 3.10. The maximum absolute atomic E-state index is 5.92. The average Bonchev–Trinajstić information content (AvgIpc) is 2.45. The van der Waals surface area contributed by atoms with E-state index >= 15 is 0 Å². The molecule has 1 aromatic carbocycles. The highest BCUT2D eigenvalue weighted by molar-refractivity contribution is 5.40. The molecule has 0 spiro atoms. The van der Waals surface area contributed by atoms with Gasteiger partial charge in [-0.1, -0.05) is 25.0 Å². The monoisotopic (exact) mass is 260 g/mol. The van der Waals surface area contributed by atoms with Crippen molar-refractivity contribution in [2.75, 3.05) is 25.4 Å². The summed E-state index contributed by atoms with van der Waals surface area (Å²) in [6.45, 7) is 3.12. The second kappa shape index (κ2) is 5.93. The average molecular weight is 260 g/mol. The number of nitrogens with two attached hydrogens (primary N) is 1. The summed E-state index contributed by atoms with van der Waals surface area (Å²) >= 11 is 0. The van der Waals surface area contributed by atoms with Crippen LogP contribution in [0.2, 0.25) is 0 Å². The van der Waals surface area contributed by atoms with E-state index < -0.39 is 0 Å². The number of nitrogen functional groups attached to an aromatic ring is 1. The van der Waals surface area contributed by atoms with E-state index in [2.05, 4.69) is 17.0 Å². The second-order valence-electron chi connectivity index (χ2n) is 5.79. The molecule has 104 valence electrons. The Labute approximate surface area is 115 Å². The van der Waals surface area contributed by atoms with Gasteiger partial charge in [0.2, 0.25) is 0 Å². The Kier molecular flexibility index (Phi) is 4.04. The van der Waals surface area contributed by atoms with Gasteiger partial charge in [-0.2, -0.15) is 0 Å².